The fraction of sp³-hybridized carbons (Fsp3) is 0.826. The highest BCUT2D eigenvalue weighted by atomic mass is 28.4. The first-order chi connectivity index (χ1) is 23.7. The predicted molar refractivity (Wildman–Crippen MR) is 236 cm³/mol. The van der Waals surface area contributed by atoms with Gasteiger partial charge in [-0.3, -0.25) is 0 Å². The summed E-state index contributed by atoms with van der Waals surface area (Å²) in [6, 6.07) is 3.60. The van der Waals surface area contributed by atoms with Crippen molar-refractivity contribution in [2.24, 2.45) is 35.0 Å². The zero-order valence-corrected chi connectivity index (χ0v) is 40.5. The molecular formula is C46H86O3Si3. The number of hydrogen-bond donors (Lipinski definition) is 1. The summed E-state index contributed by atoms with van der Waals surface area (Å²) in [7, 11) is -5.96. The molecule has 0 bridgehead atoms. The second-order valence-electron chi connectivity index (χ2n) is 21.3. The molecule has 1 N–H and O–H groups in total. The SMILES string of the molecule is C=C1/C(=C\C=C2/CCC[C@]3(C)C([C@H](C)/C=C/C(C)C(C)(C)O[Si](CC)(CC)CC)CC[C@@H]23)C[C@@H](O[Si](C)(C)C(C)(C)C)C[C@@H]1CC(C)(C)[Si](C)(C)O. The fourth-order valence-corrected chi connectivity index (χ4v) is 15.1. The molecule has 0 heterocycles. The molecule has 3 fully saturated rings. The van der Waals surface area contributed by atoms with E-state index in [0.717, 1.165) is 19.3 Å². The van der Waals surface area contributed by atoms with E-state index in [4.69, 9.17) is 15.4 Å². The molecule has 0 saturated heterocycles. The van der Waals surface area contributed by atoms with Crippen LogP contribution >= 0.6 is 0 Å². The lowest BCUT2D eigenvalue weighted by Crippen LogP contribution is -2.47. The lowest BCUT2D eigenvalue weighted by atomic mass is 9.61. The van der Waals surface area contributed by atoms with Gasteiger partial charge in [0, 0.05) is 12.0 Å². The summed E-state index contributed by atoms with van der Waals surface area (Å²) in [6.07, 6.45) is 19.7. The summed E-state index contributed by atoms with van der Waals surface area (Å²) in [4.78, 5) is 11.2. The molecule has 0 amide bonds. The quantitative estimate of drug-likeness (QED) is 0.133. The molecule has 3 nitrogen and oxygen atoms in total. The maximum absolute atomic E-state index is 11.2. The molecule has 52 heavy (non-hydrogen) atoms. The normalized spacial score (nSPS) is 30.0. The van der Waals surface area contributed by atoms with Crippen LogP contribution in [0.25, 0.3) is 0 Å². The third-order valence-electron chi connectivity index (χ3n) is 16.0. The third kappa shape index (κ3) is 10.3. The number of rotatable bonds is 15. The van der Waals surface area contributed by atoms with Crippen LogP contribution in [0.15, 0.2) is 47.6 Å². The van der Waals surface area contributed by atoms with Crippen LogP contribution in [0.2, 0.25) is 54.4 Å². The van der Waals surface area contributed by atoms with Crippen molar-refractivity contribution in [3.8, 4) is 0 Å². The van der Waals surface area contributed by atoms with E-state index in [1.807, 2.05) is 0 Å². The molecule has 0 aromatic heterocycles. The zero-order valence-electron chi connectivity index (χ0n) is 37.5. The van der Waals surface area contributed by atoms with E-state index in [0.29, 0.717) is 35.0 Å². The molecular weight excluding hydrogens is 685 g/mol. The highest BCUT2D eigenvalue weighted by Gasteiger charge is 2.51. The predicted octanol–water partition coefficient (Wildman–Crippen LogP) is 14.4. The second-order valence-corrected chi connectivity index (χ2v) is 35.2. The van der Waals surface area contributed by atoms with Crippen LogP contribution in [0.5, 0.6) is 0 Å². The smallest absolute Gasteiger partial charge is 0.192 e. The Labute approximate surface area is 327 Å². The van der Waals surface area contributed by atoms with Gasteiger partial charge in [0.1, 0.15) is 0 Å². The van der Waals surface area contributed by atoms with Gasteiger partial charge in [-0.05, 0) is 160 Å². The molecule has 0 spiro atoms. The monoisotopic (exact) mass is 771 g/mol. The molecule has 3 rings (SSSR count). The summed E-state index contributed by atoms with van der Waals surface area (Å²) >= 11 is 0. The Bertz CT molecular complexity index is 1300. The molecule has 0 radical (unpaired) electrons. The zero-order chi connectivity index (χ0) is 39.7. The van der Waals surface area contributed by atoms with E-state index >= 15 is 0 Å². The van der Waals surface area contributed by atoms with Crippen LogP contribution < -0.4 is 0 Å². The largest absolute Gasteiger partial charge is 0.432 e. The summed E-state index contributed by atoms with van der Waals surface area (Å²) < 4.78 is 14.2. The molecule has 0 aliphatic heterocycles. The van der Waals surface area contributed by atoms with Gasteiger partial charge in [0.2, 0.25) is 0 Å². The van der Waals surface area contributed by atoms with Crippen molar-refractivity contribution in [3.63, 3.8) is 0 Å². The summed E-state index contributed by atoms with van der Waals surface area (Å²) in [6.45, 7) is 44.5. The fourth-order valence-electron chi connectivity index (χ4n) is 9.79. The minimum atomic E-state index is -2.35. The van der Waals surface area contributed by atoms with E-state index in [9.17, 15) is 4.80 Å². The topological polar surface area (TPSA) is 38.7 Å². The molecule has 0 aromatic rings. The van der Waals surface area contributed by atoms with E-state index in [2.05, 4.69) is 141 Å². The van der Waals surface area contributed by atoms with Crippen molar-refractivity contribution < 1.29 is 13.6 Å². The van der Waals surface area contributed by atoms with Crippen molar-refractivity contribution in [3.05, 3.63) is 47.6 Å². The van der Waals surface area contributed by atoms with Crippen LogP contribution in [0.1, 0.15) is 141 Å². The van der Waals surface area contributed by atoms with Crippen molar-refractivity contribution in [2.75, 3.05) is 0 Å². The highest BCUT2D eigenvalue weighted by molar-refractivity contribution is 6.74. The van der Waals surface area contributed by atoms with E-state index in [1.54, 1.807) is 5.57 Å². The van der Waals surface area contributed by atoms with Gasteiger partial charge in [0.05, 0.1) is 5.60 Å². The van der Waals surface area contributed by atoms with Gasteiger partial charge < -0.3 is 13.6 Å². The molecule has 7 atom stereocenters. The molecule has 3 saturated carbocycles. The minimum absolute atomic E-state index is 0.0916. The number of hydrogen-bond acceptors (Lipinski definition) is 3. The third-order valence-corrected chi connectivity index (χ3v) is 28.8. The van der Waals surface area contributed by atoms with Gasteiger partial charge >= 0.3 is 0 Å². The summed E-state index contributed by atoms with van der Waals surface area (Å²) in [5.74, 6) is 2.66. The molecule has 3 aliphatic carbocycles. The Morgan fingerprint density at radius 2 is 1.52 bits per heavy atom. The average Bonchev–Trinajstić information content (AvgIpc) is 3.39. The van der Waals surface area contributed by atoms with Crippen molar-refractivity contribution >= 4 is 25.0 Å². The van der Waals surface area contributed by atoms with Crippen LogP contribution in [-0.4, -0.2) is 41.5 Å². The van der Waals surface area contributed by atoms with Crippen molar-refractivity contribution in [2.45, 2.75) is 207 Å². The van der Waals surface area contributed by atoms with Gasteiger partial charge in [-0.1, -0.05) is 113 Å². The summed E-state index contributed by atoms with van der Waals surface area (Å²) in [5, 5.41) is 0.0836. The van der Waals surface area contributed by atoms with Crippen LogP contribution in [0.4, 0.5) is 0 Å². The van der Waals surface area contributed by atoms with Gasteiger partial charge in [-0.25, -0.2) is 0 Å². The van der Waals surface area contributed by atoms with Gasteiger partial charge in [0.25, 0.3) is 0 Å². The highest BCUT2D eigenvalue weighted by Crippen LogP contribution is 2.60. The molecule has 0 aromatic carbocycles. The van der Waals surface area contributed by atoms with Crippen LogP contribution in [0, 0.1) is 35.0 Å². The lowest BCUT2D eigenvalue weighted by Gasteiger charge is -2.45. The van der Waals surface area contributed by atoms with Gasteiger partial charge in [-0.15, -0.1) is 0 Å². The number of allylic oxidation sites excluding steroid dienone is 5. The Morgan fingerprint density at radius 1 is 0.923 bits per heavy atom. The Balaban J connectivity index is 1.86. The first-order valence-corrected chi connectivity index (χ1v) is 29.9. The molecule has 6 heteroatoms. The lowest BCUT2D eigenvalue weighted by molar-refractivity contribution is 0.0584. The maximum atomic E-state index is 11.2. The Morgan fingerprint density at radius 3 is 2.06 bits per heavy atom. The van der Waals surface area contributed by atoms with Crippen molar-refractivity contribution in [1.29, 1.82) is 0 Å². The first kappa shape index (κ1) is 45.9. The van der Waals surface area contributed by atoms with E-state index in [1.165, 1.54) is 61.4 Å². The molecule has 2 unspecified atom stereocenters. The number of fused-ring (bicyclic) bond motifs is 1. The molecule has 300 valence electrons. The van der Waals surface area contributed by atoms with E-state index < -0.39 is 25.0 Å². The van der Waals surface area contributed by atoms with Gasteiger partial charge in [0.15, 0.2) is 25.0 Å². The Kier molecular flexibility index (Phi) is 14.9. The maximum Gasteiger partial charge on any atom is 0.192 e. The summed E-state index contributed by atoms with van der Waals surface area (Å²) in [5.41, 5.74) is 4.56. The standard InChI is InChI=1S/C46H86O3Si3/c1-19-52(20-2,21-3)49-45(12,13)35(5)25-24-34(4)41-28-29-42-37(23-22-30-46(41,42)14)26-27-38-31-40(48-51(17,18)43(7,8)9)32-39(36(38)6)33-44(10,11)50(15,16)47/h24-27,34-35,39-42,47H,6,19-23,28-33H2,1-5,7-18H3/b25-24+,37-26+,38-27-/t34-,35?,39-,40-,41?,42+,46-/m1/s1. The van der Waals surface area contributed by atoms with Gasteiger partial charge in [-0.2, -0.15) is 0 Å². The van der Waals surface area contributed by atoms with Crippen molar-refractivity contribution in [1.82, 2.24) is 0 Å². The molecule has 3 aliphatic rings. The minimum Gasteiger partial charge on any atom is -0.432 e. The van der Waals surface area contributed by atoms with E-state index in [-0.39, 0.29) is 21.8 Å². The van der Waals surface area contributed by atoms with Crippen LogP contribution in [0.3, 0.4) is 0 Å². The van der Waals surface area contributed by atoms with Crippen LogP contribution in [-0.2, 0) is 8.85 Å². The Hall–Kier alpha value is -0.509. The first-order valence-electron chi connectivity index (χ1n) is 21.6. The second kappa shape index (κ2) is 16.9. The average molecular weight is 771 g/mol.